The molecule has 0 atom stereocenters. The highest BCUT2D eigenvalue weighted by atomic mass is 32.2. The molecule has 1 aromatic heterocycles. The number of rotatable bonds is 8. The largest absolute Gasteiger partial charge is 0.491 e. The topological polar surface area (TPSA) is 168 Å². The number of nitrogens with one attached hydrogen (secondary N) is 1. The molecule has 0 spiro atoms. The molecular weight excluding hydrogens is 486 g/mol. The monoisotopic (exact) mass is 513 g/mol. The second-order valence-electron chi connectivity index (χ2n) is 8.21. The average molecular weight is 514 g/mol. The number of nitrogens with zero attached hydrogens (tertiary/aromatic N) is 3. The van der Waals surface area contributed by atoms with E-state index in [4.69, 9.17) is 30.0 Å². The highest BCUT2D eigenvalue weighted by molar-refractivity contribution is 7.86. The molecule has 0 radical (unpaired) electrons. The zero-order chi connectivity index (χ0) is 26.5. The third-order valence-electron chi connectivity index (χ3n) is 5.21. The molecule has 0 unspecified atom stereocenters. The van der Waals surface area contributed by atoms with Crippen LogP contribution in [0.2, 0.25) is 0 Å². The highest BCUT2D eigenvalue weighted by Crippen LogP contribution is 2.42. The van der Waals surface area contributed by atoms with Crippen molar-refractivity contribution in [3.63, 3.8) is 0 Å². The molecule has 4 rings (SSSR count). The maximum atomic E-state index is 11.6. The Labute approximate surface area is 208 Å². The molecule has 1 saturated carbocycles. The lowest BCUT2D eigenvalue weighted by Crippen LogP contribution is -2.45. The van der Waals surface area contributed by atoms with Gasteiger partial charge in [0.1, 0.15) is 23.4 Å². The number of carboxylic acid groups (broad SMARTS) is 1. The molecular formula is C24H27N5O6S. The van der Waals surface area contributed by atoms with Crippen LogP contribution in [-0.2, 0) is 14.9 Å². The number of carbonyl (C=O) groups is 1. The number of aliphatic carboxylic acids is 1. The summed E-state index contributed by atoms with van der Waals surface area (Å²) in [5.41, 5.74) is 7.06. The summed E-state index contributed by atoms with van der Waals surface area (Å²) in [7, 11) is -3.68. The number of pyridine rings is 1. The van der Waals surface area contributed by atoms with Crippen LogP contribution in [0.4, 0.5) is 0 Å². The van der Waals surface area contributed by atoms with Gasteiger partial charge in [0.05, 0.1) is 11.9 Å². The number of carboxylic acids is 1. The molecule has 0 saturated heterocycles. The first kappa shape index (κ1) is 26.4. The zero-order valence-corrected chi connectivity index (χ0v) is 20.7. The smallest absolute Gasteiger partial charge is 0.306 e. The molecule has 1 aliphatic carbocycles. The normalized spacial score (nSPS) is 13.6. The number of guanidine groups is 1. The molecule has 0 bridgehead atoms. The van der Waals surface area contributed by atoms with Gasteiger partial charge in [0.2, 0.25) is 5.96 Å². The molecule has 36 heavy (non-hydrogen) atoms. The van der Waals surface area contributed by atoms with Gasteiger partial charge in [-0.1, -0.05) is 30.3 Å². The summed E-state index contributed by atoms with van der Waals surface area (Å²) in [5.74, 6) is -0.192. The standard InChI is InChI=1S/C22H23N5O4S.C2H4O2/c1-25-27(21(23)24)22(11-12-22)14-30-17-7-3-6-16(13-17)18-10-9-15-5-4-8-19(20(15)26-18)31-32(2,28)29;1-2(3)4/h3-10,13H,1,11-12,14H2,2H3,(H3,23,24);1H3,(H,3,4). The number of aromatic nitrogens is 1. The van der Waals surface area contributed by atoms with Gasteiger partial charge in [-0.25, -0.2) is 9.99 Å². The predicted octanol–water partition coefficient (Wildman–Crippen LogP) is 3.05. The number of benzene rings is 2. The Morgan fingerprint density at radius 2 is 1.92 bits per heavy atom. The summed E-state index contributed by atoms with van der Waals surface area (Å²) >= 11 is 0. The van der Waals surface area contributed by atoms with Crippen LogP contribution in [0.5, 0.6) is 11.5 Å². The summed E-state index contributed by atoms with van der Waals surface area (Å²) in [5, 5.41) is 21.1. The van der Waals surface area contributed by atoms with E-state index in [-0.39, 0.29) is 11.7 Å². The van der Waals surface area contributed by atoms with E-state index in [2.05, 4.69) is 16.8 Å². The van der Waals surface area contributed by atoms with E-state index in [0.717, 1.165) is 37.0 Å². The van der Waals surface area contributed by atoms with Gasteiger partial charge in [0.25, 0.3) is 5.97 Å². The molecule has 11 nitrogen and oxygen atoms in total. The number of hydrazone groups is 1. The van der Waals surface area contributed by atoms with E-state index < -0.39 is 21.6 Å². The predicted molar refractivity (Wildman–Crippen MR) is 137 cm³/mol. The van der Waals surface area contributed by atoms with Gasteiger partial charge in [-0.2, -0.15) is 13.5 Å². The third-order valence-corrected chi connectivity index (χ3v) is 5.69. The molecule has 3 aromatic rings. The van der Waals surface area contributed by atoms with Gasteiger partial charge >= 0.3 is 10.1 Å². The molecule has 12 heteroatoms. The maximum absolute atomic E-state index is 11.6. The summed E-state index contributed by atoms with van der Waals surface area (Å²) in [4.78, 5) is 13.6. The summed E-state index contributed by atoms with van der Waals surface area (Å²) in [6.07, 6.45) is 2.61. The van der Waals surface area contributed by atoms with E-state index in [1.807, 2.05) is 42.5 Å². The minimum absolute atomic E-state index is 0.165. The lowest BCUT2D eigenvalue weighted by atomic mass is 10.1. The van der Waals surface area contributed by atoms with Crippen molar-refractivity contribution in [3.8, 4) is 22.8 Å². The second kappa shape index (κ2) is 10.6. The molecule has 0 aliphatic heterocycles. The lowest BCUT2D eigenvalue weighted by Gasteiger charge is -2.27. The minimum Gasteiger partial charge on any atom is -0.491 e. The minimum atomic E-state index is -3.68. The Balaban J connectivity index is 0.000000840. The van der Waals surface area contributed by atoms with Crippen molar-refractivity contribution < 1.29 is 27.2 Å². The number of hydrogen-bond donors (Lipinski definition) is 3. The van der Waals surface area contributed by atoms with Crippen molar-refractivity contribution in [1.29, 1.82) is 5.41 Å². The first-order valence-corrected chi connectivity index (χ1v) is 12.6. The molecule has 1 heterocycles. The Morgan fingerprint density at radius 1 is 1.25 bits per heavy atom. The highest BCUT2D eigenvalue weighted by Gasteiger charge is 2.50. The summed E-state index contributed by atoms with van der Waals surface area (Å²) in [6, 6.07) is 16.3. The first-order chi connectivity index (χ1) is 16.9. The molecule has 2 aromatic carbocycles. The average Bonchev–Trinajstić information content (AvgIpc) is 3.57. The Hall–Kier alpha value is -4.19. The van der Waals surface area contributed by atoms with Crippen LogP contribution in [0.3, 0.4) is 0 Å². The van der Waals surface area contributed by atoms with E-state index >= 15 is 0 Å². The van der Waals surface area contributed by atoms with Crippen LogP contribution in [0.1, 0.15) is 19.8 Å². The van der Waals surface area contributed by atoms with Gasteiger partial charge in [0.15, 0.2) is 5.75 Å². The Bertz CT molecular complexity index is 1400. The van der Waals surface area contributed by atoms with Crippen molar-refractivity contribution >= 4 is 39.7 Å². The molecule has 0 amide bonds. The van der Waals surface area contributed by atoms with Gasteiger partial charge in [-0.15, -0.1) is 0 Å². The number of para-hydroxylation sites is 1. The van der Waals surface area contributed by atoms with Crippen LogP contribution < -0.4 is 14.7 Å². The fraction of sp³-hybridized carbons (Fsp3) is 0.250. The fourth-order valence-electron chi connectivity index (χ4n) is 3.52. The SMILES string of the molecule is C=NN(C(=N)N)C1(COc2cccc(-c3ccc4cccc(OS(C)(=O)=O)c4n3)c2)CC1.CC(=O)O. The quantitative estimate of drug-likeness (QED) is 0.177. The van der Waals surface area contributed by atoms with Crippen molar-refractivity contribution in [2.24, 2.45) is 10.8 Å². The van der Waals surface area contributed by atoms with Gasteiger partial charge < -0.3 is 19.8 Å². The van der Waals surface area contributed by atoms with Gasteiger partial charge in [0, 0.05) is 24.6 Å². The number of fused-ring (bicyclic) bond motifs is 1. The Kier molecular flexibility index (Phi) is 7.78. The van der Waals surface area contributed by atoms with E-state index in [0.29, 0.717) is 23.6 Å². The van der Waals surface area contributed by atoms with E-state index in [1.54, 1.807) is 12.1 Å². The number of nitrogens with two attached hydrogens (primary N) is 1. The first-order valence-electron chi connectivity index (χ1n) is 10.8. The fourth-order valence-corrected chi connectivity index (χ4v) is 3.98. The molecule has 190 valence electrons. The maximum Gasteiger partial charge on any atom is 0.306 e. The second-order valence-corrected chi connectivity index (χ2v) is 9.79. The summed E-state index contributed by atoms with van der Waals surface area (Å²) < 4.78 is 34.3. The lowest BCUT2D eigenvalue weighted by molar-refractivity contribution is -0.134. The van der Waals surface area contributed by atoms with Crippen molar-refractivity contribution in [3.05, 3.63) is 54.6 Å². The van der Waals surface area contributed by atoms with E-state index in [1.165, 1.54) is 5.01 Å². The Morgan fingerprint density at radius 3 is 2.50 bits per heavy atom. The third kappa shape index (κ3) is 6.69. The summed E-state index contributed by atoms with van der Waals surface area (Å²) in [6.45, 7) is 4.89. The van der Waals surface area contributed by atoms with Crippen molar-refractivity contribution in [2.75, 3.05) is 12.9 Å². The van der Waals surface area contributed by atoms with Gasteiger partial charge in [-0.05, 0) is 37.1 Å². The van der Waals surface area contributed by atoms with E-state index in [9.17, 15) is 8.42 Å². The van der Waals surface area contributed by atoms with Crippen LogP contribution in [-0.4, -0.2) is 60.6 Å². The van der Waals surface area contributed by atoms with Gasteiger partial charge in [-0.3, -0.25) is 10.2 Å². The molecule has 1 aliphatic rings. The van der Waals surface area contributed by atoms with Crippen molar-refractivity contribution in [1.82, 2.24) is 9.99 Å². The zero-order valence-electron chi connectivity index (χ0n) is 19.8. The number of ether oxygens (including phenoxy) is 1. The van der Waals surface area contributed by atoms with Crippen LogP contribution in [0.25, 0.3) is 22.2 Å². The van der Waals surface area contributed by atoms with Crippen LogP contribution >= 0.6 is 0 Å². The number of hydrogen-bond acceptors (Lipinski definition) is 8. The molecule has 1 fully saturated rings. The van der Waals surface area contributed by atoms with Crippen molar-refractivity contribution in [2.45, 2.75) is 25.3 Å². The molecule has 4 N–H and O–H groups in total. The van der Waals surface area contributed by atoms with Crippen LogP contribution in [0, 0.1) is 5.41 Å². The van der Waals surface area contributed by atoms with Crippen LogP contribution in [0.15, 0.2) is 59.7 Å².